The second-order valence-corrected chi connectivity index (χ2v) is 4.44. The molecule has 0 spiro atoms. The molecule has 2 aromatic rings. The molecule has 3 rings (SSSR count). The van der Waals surface area contributed by atoms with E-state index in [-0.39, 0.29) is 0 Å². The molecule has 0 amide bonds. The second-order valence-electron chi connectivity index (χ2n) is 4.44. The van der Waals surface area contributed by atoms with E-state index in [0.717, 1.165) is 24.7 Å². The Bertz CT molecular complexity index is 594. The monoisotopic (exact) mass is 252 g/mol. The summed E-state index contributed by atoms with van der Waals surface area (Å²) in [4.78, 5) is 11.1. The molecule has 0 radical (unpaired) electrons. The molecule has 0 bridgehead atoms. The van der Waals surface area contributed by atoms with Gasteiger partial charge in [-0.2, -0.15) is 4.98 Å². The number of para-hydroxylation sites is 1. The van der Waals surface area contributed by atoms with Gasteiger partial charge in [0.2, 0.25) is 5.95 Å². The number of hydrogen-bond acceptors (Lipinski definition) is 4. The van der Waals surface area contributed by atoms with Crippen molar-refractivity contribution in [1.29, 1.82) is 0 Å². The molecule has 0 aliphatic carbocycles. The van der Waals surface area contributed by atoms with E-state index in [1.165, 1.54) is 11.3 Å². The van der Waals surface area contributed by atoms with Gasteiger partial charge in [0.15, 0.2) is 0 Å². The Hall–Kier alpha value is -2.36. The Morgan fingerprint density at radius 2 is 2.21 bits per heavy atom. The van der Waals surface area contributed by atoms with Crippen LogP contribution in [0, 0.1) is 0 Å². The lowest BCUT2D eigenvalue weighted by molar-refractivity contribution is 0.939. The first kappa shape index (κ1) is 11.7. The maximum absolute atomic E-state index is 4.55. The minimum absolute atomic E-state index is 0.701. The van der Waals surface area contributed by atoms with Gasteiger partial charge in [-0.05, 0) is 24.1 Å². The summed E-state index contributed by atoms with van der Waals surface area (Å²) in [6.45, 7) is 5.33. The summed E-state index contributed by atoms with van der Waals surface area (Å²) < 4.78 is 0. The Morgan fingerprint density at radius 1 is 1.32 bits per heavy atom. The second kappa shape index (κ2) is 5.10. The third-order valence-corrected chi connectivity index (χ3v) is 3.20. The van der Waals surface area contributed by atoms with Gasteiger partial charge in [-0.25, -0.2) is 4.98 Å². The maximum atomic E-state index is 4.55. The minimum Gasteiger partial charge on any atom is -0.366 e. The van der Waals surface area contributed by atoms with Crippen LogP contribution in [-0.2, 0) is 6.42 Å². The van der Waals surface area contributed by atoms with Crippen LogP contribution in [0.1, 0.15) is 5.56 Å². The summed E-state index contributed by atoms with van der Waals surface area (Å²) in [6.07, 6.45) is 4.64. The van der Waals surface area contributed by atoms with Gasteiger partial charge in [0.1, 0.15) is 5.82 Å². The summed E-state index contributed by atoms with van der Waals surface area (Å²) >= 11 is 0. The molecule has 4 heteroatoms. The Labute approximate surface area is 112 Å². The van der Waals surface area contributed by atoms with E-state index in [2.05, 4.69) is 51.0 Å². The molecule has 0 saturated heterocycles. The van der Waals surface area contributed by atoms with Crippen LogP contribution in [-0.4, -0.2) is 23.1 Å². The summed E-state index contributed by atoms with van der Waals surface area (Å²) in [5, 5.41) is 3.19. The van der Waals surface area contributed by atoms with Gasteiger partial charge >= 0.3 is 0 Å². The number of hydrogen-bond donors (Lipinski definition) is 1. The van der Waals surface area contributed by atoms with Crippen molar-refractivity contribution in [3.8, 4) is 0 Å². The lowest BCUT2D eigenvalue weighted by Gasteiger charge is -2.17. The molecule has 1 aliphatic rings. The molecule has 1 aromatic carbocycles. The highest BCUT2D eigenvalue weighted by molar-refractivity contribution is 5.66. The average molecular weight is 252 g/mol. The fourth-order valence-corrected chi connectivity index (χ4v) is 2.30. The Kier molecular flexibility index (Phi) is 3.14. The highest BCUT2D eigenvalue weighted by Crippen LogP contribution is 2.32. The predicted octanol–water partition coefficient (Wildman–Crippen LogP) is 2.77. The van der Waals surface area contributed by atoms with E-state index in [0.29, 0.717) is 6.54 Å². The number of rotatable bonds is 4. The quantitative estimate of drug-likeness (QED) is 0.849. The molecule has 2 heterocycles. The Morgan fingerprint density at radius 3 is 3.11 bits per heavy atom. The number of aromatic nitrogens is 2. The SMILES string of the molecule is C=CCNc1ccnc(N2CCc3ccccc32)n1. The fourth-order valence-electron chi connectivity index (χ4n) is 2.30. The van der Waals surface area contributed by atoms with Crippen molar-refractivity contribution >= 4 is 17.5 Å². The zero-order valence-electron chi connectivity index (χ0n) is 10.7. The number of benzene rings is 1. The van der Waals surface area contributed by atoms with E-state index in [1.807, 2.05) is 12.1 Å². The molecule has 1 aliphatic heterocycles. The minimum atomic E-state index is 0.701. The van der Waals surface area contributed by atoms with Gasteiger partial charge in [0.05, 0.1) is 0 Å². The van der Waals surface area contributed by atoms with Crippen LogP contribution in [0.3, 0.4) is 0 Å². The standard InChI is InChI=1S/C15H16N4/c1-2-9-16-14-7-10-17-15(18-14)19-11-8-12-5-3-4-6-13(12)19/h2-7,10H,1,8-9,11H2,(H,16,17,18). The highest BCUT2D eigenvalue weighted by Gasteiger charge is 2.21. The topological polar surface area (TPSA) is 41.1 Å². The van der Waals surface area contributed by atoms with Gasteiger partial charge in [0.25, 0.3) is 0 Å². The van der Waals surface area contributed by atoms with E-state index in [1.54, 1.807) is 6.20 Å². The maximum Gasteiger partial charge on any atom is 0.231 e. The largest absolute Gasteiger partial charge is 0.366 e. The van der Waals surface area contributed by atoms with Gasteiger partial charge in [-0.1, -0.05) is 24.3 Å². The van der Waals surface area contributed by atoms with Crippen molar-refractivity contribution in [3.63, 3.8) is 0 Å². The van der Waals surface area contributed by atoms with Crippen molar-refractivity contribution in [3.05, 3.63) is 54.7 Å². The van der Waals surface area contributed by atoms with Crippen LogP contribution in [0.15, 0.2) is 49.2 Å². The summed E-state index contributed by atoms with van der Waals surface area (Å²) in [7, 11) is 0. The normalized spacial score (nSPS) is 13.2. The van der Waals surface area contributed by atoms with Crippen LogP contribution in [0.25, 0.3) is 0 Å². The summed E-state index contributed by atoms with van der Waals surface area (Å²) in [5.74, 6) is 1.58. The van der Waals surface area contributed by atoms with Crippen LogP contribution >= 0.6 is 0 Å². The number of nitrogens with one attached hydrogen (secondary N) is 1. The average Bonchev–Trinajstić information content (AvgIpc) is 2.89. The van der Waals surface area contributed by atoms with Crippen LogP contribution in [0.5, 0.6) is 0 Å². The molecule has 0 fully saturated rings. The molecular weight excluding hydrogens is 236 g/mol. The number of anilines is 3. The third kappa shape index (κ3) is 2.29. The molecule has 0 saturated carbocycles. The lowest BCUT2D eigenvalue weighted by atomic mass is 10.2. The number of nitrogens with zero attached hydrogens (tertiary/aromatic N) is 3. The molecule has 0 atom stereocenters. The first-order valence-corrected chi connectivity index (χ1v) is 6.42. The zero-order chi connectivity index (χ0) is 13.1. The number of fused-ring (bicyclic) bond motifs is 1. The van der Waals surface area contributed by atoms with E-state index in [9.17, 15) is 0 Å². The van der Waals surface area contributed by atoms with E-state index < -0.39 is 0 Å². The van der Waals surface area contributed by atoms with E-state index >= 15 is 0 Å². The van der Waals surface area contributed by atoms with Gasteiger partial charge in [0, 0.05) is 25.0 Å². The van der Waals surface area contributed by atoms with Crippen LogP contribution < -0.4 is 10.2 Å². The molecule has 1 N–H and O–H groups in total. The van der Waals surface area contributed by atoms with Crippen molar-refractivity contribution < 1.29 is 0 Å². The predicted molar refractivity (Wildman–Crippen MR) is 77.9 cm³/mol. The van der Waals surface area contributed by atoms with Gasteiger partial charge in [-0.3, -0.25) is 0 Å². The molecule has 1 aromatic heterocycles. The smallest absolute Gasteiger partial charge is 0.231 e. The first-order chi connectivity index (χ1) is 9.38. The summed E-state index contributed by atoms with van der Waals surface area (Å²) in [5.41, 5.74) is 2.57. The lowest BCUT2D eigenvalue weighted by Crippen LogP contribution is -2.17. The molecule has 19 heavy (non-hydrogen) atoms. The first-order valence-electron chi connectivity index (χ1n) is 6.42. The molecule has 4 nitrogen and oxygen atoms in total. The molecular formula is C15H16N4. The van der Waals surface area contributed by atoms with Gasteiger partial charge < -0.3 is 10.2 Å². The van der Waals surface area contributed by atoms with Gasteiger partial charge in [-0.15, -0.1) is 6.58 Å². The van der Waals surface area contributed by atoms with Crippen molar-refractivity contribution in [1.82, 2.24) is 9.97 Å². The summed E-state index contributed by atoms with van der Waals surface area (Å²) in [6, 6.07) is 10.3. The van der Waals surface area contributed by atoms with Crippen LogP contribution in [0.4, 0.5) is 17.5 Å². The van der Waals surface area contributed by atoms with Crippen molar-refractivity contribution in [2.45, 2.75) is 6.42 Å². The van der Waals surface area contributed by atoms with E-state index in [4.69, 9.17) is 0 Å². The van der Waals surface area contributed by atoms with Crippen LogP contribution in [0.2, 0.25) is 0 Å². The zero-order valence-corrected chi connectivity index (χ0v) is 10.7. The van der Waals surface area contributed by atoms with Crippen molar-refractivity contribution in [2.24, 2.45) is 0 Å². The fraction of sp³-hybridized carbons (Fsp3) is 0.200. The molecule has 0 unspecified atom stereocenters. The van der Waals surface area contributed by atoms with Crippen molar-refractivity contribution in [2.75, 3.05) is 23.3 Å². The highest BCUT2D eigenvalue weighted by atomic mass is 15.3. The molecule has 96 valence electrons. The third-order valence-electron chi connectivity index (χ3n) is 3.20. The Balaban J connectivity index is 1.89.